The van der Waals surface area contributed by atoms with E-state index in [1.54, 1.807) is 32.9 Å². The zero-order valence-electron chi connectivity index (χ0n) is 18.5. The fourth-order valence-corrected chi connectivity index (χ4v) is 2.90. The Hall–Kier alpha value is -1.90. The van der Waals surface area contributed by atoms with E-state index in [4.69, 9.17) is 18.8 Å². The topological polar surface area (TPSA) is 91.3 Å². The molecular weight excluding hydrogens is 375 g/mol. The zero-order valence-corrected chi connectivity index (χ0v) is 18.5. The minimum absolute atomic E-state index is 0.0682. The van der Waals surface area contributed by atoms with Crippen LogP contribution in [0.3, 0.4) is 0 Å². The summed E-state index contributed by atoms with van der Waals surface area (Å²) in [4.78, 5) is 23.5. The Morgan fingerprint density at radius 3 is 2.14 bits per heavy atom. The van der Waals surface area contributed by atoms with Gasteiger partial charge in [0.05, 0.1) is 23.4 Å². The van der Waals surface area contributed by atoms with Gasteiger partial charge in [0.2, 0.25) is 0 Å². The molecule has 1 aromatic rings. The summed E-state index contributed by atoms with van der Waals surface area (Å²) in [6.45, 7) is 14.8. The minimum atomic E-state index is -1.06. The molecule has 1 saturated heterocycles. The molecule has 8 heteroatoms. The molecular formula is C21H31BO7. The van der Waals surface area contributed by atoms with Crippen LogP contribution < -0.4 is 5.46 Å². The predicted octanol–water partition coefficient (Wildman–Crippen LogP) is 2.85. The molecule has 0 radical (unpaired) electrons. The van der Waals surface area contributed by atoms with Gasteiger partial charge >= 0.3 is 19.1 Å². The first-order valence-corrected chi connectivity index (χ1v) is 9.65. The van der Waals surface area contributed by atoms with Gasteiger partial charge in [0.1, 0.15) is 12.2 Å². The molecule has 0 unspecified atom stereocenters. The van der Waals surface area contributed by atoms with E-state index in [1.807, 2.05) is 34.6 Å². The molecule has 1 N–H and O–H groups in total. The molecule has 29 heavy (non-hydrogen) atoms. The first-order chi connectivity index (χ1) is 13.1. The van der Waals surface area contributed by atoms with Gasteiger partial charge in [0.25, 0.3) is 0 Å². The van der Waals surface area contributed by atoms with Crippen molar-refractivity contribution in [3.05, 3.63) is 28.8 Å². The molecule has 0 spiro atoms. The number of hydrogen-bond donors (Lipinski definition) is 1. The highest BCUT2D eigenvalue weighted by Gasteiger charge is 2.52. The SMILES string of the molecule is Cc1c(COCC(=O)OC(C)(C)C)cc(C(=O)O)cc1B1OC(C)(C)C(C)(C)O1. The smallest absolute Gasteiger partial charge is 0.478 e. The maximum Gasteiger partial charge on any atom is 0.495 e. The summed E-state index contributed by atoms with van der Waals surface area (Å²) in [5.41, 5.74) is 0.517. The molecule has 2 rings (SSSR count). The lowest BCUT2D eigenvalue weighted by atomic mass is 9.74. The molecule has 0 aromatic heterocycles. The van der Waals surface area contributed by atoms with E-state index in [1.165, 1.54) is 0 Å². The van der Waals surface area contributed by atoms with Crippen LogP contribution in [-0.4, -0.2) is 47.6 Å². The van der Waals surface area contributed by atoms with Crippen LogP contribution in [0.25, 0.3) is 0 Å². The average molecular weight is 406 g/mol. The van der Waals surface area contributed by atoms with E-state index < -0.39 is 35.9 Å². The van der Waals surface area contributed by atoms with Gasteiger partial charge in [-0.3, -0.25) is 0 Å². The van der Waals surface area contributed by atoms with Crippen LogP contribution in [0.4, 0.5) is 0 Å². The number of hydrogen-bond acceptors (Lipinski definition) is 6. The molecule has 0 saturated carbocycles. The van der Waals surface area contributed by atoms with Crippen molar-refractivity contribution in [1.82, 2.24) is 0 Å². The normalized spacial score (nSPS) is 18.0. The largest absolute Gasteiger partial charge is 0.495 e. The summed E-state index contributed by atoms with van der Waals surface area (Å²) in [5.74, 6) is -1.54. The maximum atomic E-state index is 11.8. The molecule has 1 aliphatic heterocycles. The quantitative estimate of drug-likeness (QED) is 0.574. The number of rotatable bonds is 6. The van der Waals surface area contributed by atoms with Gasteiger partial charge in [0.15, 0.2) is 0 Å². The Morgan fingerprint density at radius 1 is 1.10 bits per heavy atom. The third-order valence-corrected chi connectivity index (χ3v) is 5.21. The van der Waals surface area contributed by atoms with Crippen molar-refractivity contribution in [2.75, 3.05) is 6.61 Å². The van der Waals surface area contributed by atoms with Crippen LogP contribution >= 0.6 is 0 Å². The molecule has 1 heterocycles. The van der Waals surface area contributed by atoms with E-state index in [0.717, 1.165) is 5.56 Å². The van der Waals surface area contributed by atoms with E-state index in [9.17, 15) is 14.7 Å². The number of ether oxygens (including phenoxy) is 2. The van der Waals surface area contributed by atoms with Crippen molar-refractivity contribution < 1.29 is 33.5 Å². The van der Waals surface area contributed by atoms with Crippen LogP contribution in [0, 0.1) is 6.92 Å². The molecule has 160 valence electrons. The summed E-state index contributed by atoms with van der Waals surface area (Å²) in [6.07, 6.45) is 0. The van der Waals surface area contributed by atoms with Gasteiger partial charge in [0, 0.05) is 0 Å². The lowest BCUT2D eigenvalue weighted by Crippen LogP contribution is -2.41. The number of benzene rings is 1. The van der Waals surface area contributed by atoms with Gasteiger partial charge in [-0.25, -0.2) is 9.59 Å². The lowest BCUT2D eigenvalue weighted by Gasteiger charge is -2.32. The molecule has 1 aromatic carbocycles. The first kappa shape index (κ1) is 23.4. The standard InChI is InChI=1S/C21H31BO7/c1-13-15(11-26-12-17(23)27-19(2,3)4)9-14(18(24)25)10-16(13)22-28-20(5,6)21(7,8)29-22/h9-10H,11-12H2,1-8H3,(H,24,25). The number of carbonyl (C=O) groups is 2. The molecule has 7 nitrogen and oxygen atoms in total. The van der Waals surface area contributed by atoms with Gasteiger partial charge in [-0.15, -0.1) is 0 Å². The summed E-state index contributed by atoms with van der Waals surface area (Å²) in [7, 11) is -0.691. The Balaban J connectivity index is 2.24. The second kappa shape index (κ2) is 8.09. The number of carbonyl (C=O) groups excluding carboxylic acids is 1. The Bertz CT molecular complexity index is 777. The highest BCUT2D eigenvalue weighted by Crippen LogP contribution is 2.37. The summed E-state index contributed by atoms with van der Waals surface area (Å²) in [6, 6.07) is 3.11. The molecule has 0 bridgehead atoms. The molecule has 0 atom stereocenters. The van der Waals surface area contributed by atoms with Gasteiger partial charge in [-0.1, -0.05) is 0 Å². The van der Waals surface area contributed by atoms with E-state index >= 15 is 0 Å². The van der Waals surface area contributed by atoms with E-state index in [0.29, 0.717) is 11.0 Å². The number of aromatic carboxylic acids is 1. The third kappa shape index (κ3) is 5.59. The first-order valence-electron chi connectivity index (χ1n) is 9.65. The Kier molecular flexibility index (Phi) is 6.52. The van der Waals surface area contributed by atoms with Gasteiger partial charge < -0.3 is 23.9 Å². The van der Waals surface area contributed by atoms with Crippen molar-refractivity contribution in [3.8, 4) is 0 Å². The predicted molar refractivity (Wildman–Crippen MR) is 109 cm³/mol. The fourth-order valence-electron chi connectivity index (χ4n) is 2.90. The Morgan fingerprint density at radius 2 is 1.66 bits per heavy atom. The van der Waals surface area contributed by atoms with Gasteiger partial charge in [-0.05, 0) is 84.1 Å². The molecule has 1 fully saturated rings. The molecule has 0 amide bonds. The second-order valence-electron chi connectivity index (χ2n) is 9.32. The Labute approximate surface area is 172 Å². The van der Waals surface area contributed by atoms with E-state index in [-0.39, 0.29) is 18.8 Å². The fraction of sp³-hybridized carbons (Fsp3) is 0.619. The summed E-state index contributed by atoms with van der Waals surface area (Å²) in [5, 5.41) is 9.52. The minimum Gasteiger partial charge on any atom is -0.478 e. The highest BCUT2D eigenvalue weighted by atomic mass is 16.7. The number of carboxylic acid groups (broad SMARTS) is 1. The summed E-state index contributed by atoms with van der Waals surface area (Å²) >= 11 is 0. The van der Waals surface area contributed by atoms with Crippen molar-refractivity contribution in [2.24, 2.45) is 0 Å². The zero-order chi connectivity index (χ0) is 22.2. The van der Waals surface area contributed by atoms with Crippen LogP contribution in [0.15, 0.2) is 12.1 Å². The van der Waals surface area contributed by atoms with Crippen LogP contribution in [-0.2, 0) is 30.2 Å². The number of esters is 1. The van der Waals surface area contributed by atoms with Crippen LogP contribution in [0.2, 0.25) is 0 Å². The monoisotopic (exact) mass is 406 g/mol. The average Bonchev–Trinajstić information content (AvgIpc) is 2.74. The van der Waals surface area contributed by atoms with Crippen molar-refractivity contribution in [3.63, 3.8) is 0 Å². The second-order valence-corrected chi connectivity index (χ2v) is 9.32. The van der Waals surface area contributed by atoms with Crippen molar-refractivity contribution >= 4 is 24.5 Å². The molecule has 0 aliphatic carbocycles. The maximum absolute atomic E-state index is 11.8. The lowest BCUT2D eigenvalue weighted by molar-refractivity contribution is -0.160. The van der Waals surface area contributed by atoms with Crippen molar-refractivity contribution in [2.45, 2.75) is 78.8 Å². The molecule has 1 aliphatic rings. The van der Waals surface area contributed by atoms with Crippen LogP contribution in [0.5, 0.6) is 0 Å². The van der Waals surface area contributed by atoms with Crippen molar-refractivity contribution in [1.29, 1.82) is 0 Å². The number of carboxylic acids is 1. The van der Waals surface area contributed by atoms with Crippen LogP contribution in [0.1, 0.15) is 70.0 Å². The third-order valence-electron chi connectivity index (χ3n) is 5.21. The van der Waals surface area contributed by atoms with Gasteiger partial charge in [-0.2, -0.15) is 0 Å². The summed E-state index contributed by atoms with van der Waals surface area (Å²) < 4.78 is 22.9. The van der Waals surface area contributed by atoms with E-state index in [2.05, 4.69) is 0 Å². The highest BCUT2D eigenvalue weighted by molar-refractivity contribution is 6.62.